The molecule has 0 bridgehead atoms. The van der Waals surface area contributed by atoms with E-state index in [1.54, 1.807) is 6.07 Å². The Hall–Kier alpha value is -1.20. The van der Waals surface area contributed by atoms with E-state index in [9.17, 15) is 4.21 Å². The van der Waals surface area contributed by atoms with Crippen LogP contribution in [0.25, 0.3) is 11.0 Å². The fourth-order valence-corrected chi connectivity index (χ4v) is 1.60. The molecule has 5 heteroatoms. The van der Waals surface area contributed by atoms with Crippen molar-refractivity contribution in [2.75, 3.05) is 0 Å². The van der Waals surface area contributed by atoms with Crippen LogP contribution in [0.2, 0.25) is 0 Å². The summed E-state index contributed by atoms with van der Waals surface area (Å²) >= 11 is -1.87. The second-order valence-electron chi connectivity index (χ2n) is 2.59. The Kier molecular flexibility index (Phi) is 2.12. The quantitative estimate of drug-likeness (QED) is 0.742. The maximum Gasteiger partial charge on any atom is 0.167 e. The van der Waals surface area contributed by atoms with Crippen molar-refractivity contribution in [2.45, 2.75) is 5.75 Å². The third kappa shape index (κ3) is 1.61. The van der Waals surface area contributed by atoms with E-state index in [4.69, 9.17) is 9.08 Å². The van der Waals surface area contributed by atoms with Crippen molar-refractivity contribution in [3.8, 4) is 0 Å². The van der Waals surface area contributed by atoms with Gasteiger partial charge < -0.3 is 9.08 Å². The van der Waals surface area contributed by atoms with Crippen molar-refractivity contribution in [2.24, 2.45) is 0 Å². The predicted octanol–water partition coefficient (Wildman–Crippen LogP) is 1.55. The molecule has 0 saturated carbocycles. The summed E-state index contributed by atoms with van der Waals surface area (Å²) in [6.45, 7) is 0. The van der Waals surface area contributed by atoms with Crippen LogP contribution in [0.3, 0.4) is 0 Å². The number of para-hydroxylation sites is 1. The topological polar surface area (TPSA) is 63.3 Å². The molecule has 0 saturated heterocycles. The predicted molar refractivity (Wildman–Crippen MR) is 48.5 cm³/mol. The molecule has 0 amide bonds. The highest BCUT2D eigenvalue weighted by atomic mass is 32.2. The van der Waals surface area contributed by atoms with Gasteiger partial charge in [0.05, 0.1) is 5.75 Å². The van der Waals surface area contributed by atoms with E-state index >= 15 is 0 Å². The van der Waals surface area contributed by atoms with E-state index in [0.717, 1.165) is 5.39 Å². The molecule has 0 aliphatic heterocycles. The van der Waals surface area contributed by atoms with E-state index in [2.05, 4.69) is 5.16 Å². The summed E-state index contributed by atoms with van der Waals surface area (Å²) in [7, 11) is 0. The number of hydrogen-bond donors (Lipinski definition) is 1. The number of hydrogen-bond acceptors (Lipinski definition) is 3. The Balaban J connectivity index is 2.51. The lowest BCUT2D eigenvalue weighted by Gasteiger charge is -1.89. The normalized spacial score (nSPS) is 13.3. The summed E-state index contributed by atoms with van der Waals surface area (Å²) in [6, 6.07) is 7.25. The third-order valence-corrected chi connectivity index (χ3v) is 2.23. The van der Waals surface area contributed by atoms with Crippen LogP contribution in [0.15, 0.2) is 28.8 Å². The molecule has 1 heterocycles. The monoisotopic (exact) mass is 197 g/mol. The standard InChI is InChI=1S/C8H7NO3S/c10-13(11)5-7-6-3-1-2-4-8(6)12-9-7/h1-4H,5H2,(H,10,11). The van der Waals surface area contributed by atoms with Gasteiger partial charge in [0.2, 0.25) is 0 Å². The summed E-state index contributed by atoms with van der Waals surface area (Å²) in [4.78, 5) is 0. The van der Waals surface area contributed by atoms with Crippen LogP contribution in [0.4, 0.5) is 0 Å². The molecule has 4 nitrogen and oxygen atoms in total. The van der Waals surface area contributed by atoms with Crippen LogP contribution < -0.4 is 0 Å². The molecule has 0 radical (unpaired) electrons. The van der Waals surface area contributed by atoms with Gasteiger partial charge in [-0.05, 0) is 12.1 Å². The van der Waals surface area contributed by atoms with Gasteiger partial charge in [-0.3, -0.25) is 0 Å². The Bertz CT molecular complexity index is 451. The lowest BCUT2D eigenvalue weighted by molar-refractivity contribution is 0.448. The van der Waals surface area contributed by atoms with Crippen molar-refractivity contribution in [1.29, 1.82) is 0 Å². The van der Waals surface area contributed by atoms with Gasteiger partial charge >= 0.3 is 0 Å². The van der Waals surface area contributed by atoms with Crippen LogP contribution in [0.1, 0.15) is 5.69 Å². The first kappa shape index (κ1) is 8.40. The van der Waals surface area contributed by atoms with Gasteiger partial charge in [-0.2, -0.15) is 0 Å². The fourth-order valence-electron chi connectivity index (χ4n) is 1.16. The largest absolute Gasteiger partial charge is 0.356 e. The van der Waals surface area contributed by atoms with Crippen LogP contribution in [0.5, 0.6) is 0 Å². The number of benzene rings is 1. The maximum atomic E-state index is 10.5. The molecule has 0 aliphatic rings. The Morgan fingerprint density at radius 3 is 3.00 bits per heavy atom. The van der Waals surface area contributed by atoms with E-state index < -0.39 is 11.1 Å². The fraction of sp³-hybridized carbons (Fsp3) is 0.125. The molecular formula is C8H7NO3S. The van der Waals surface area contributed by atoms with Gasteiger partial charge in [0.15, 0.2) is 16.7 Å². The van der Waals surface area contributed by atoms with E-state index in [0.29, 0.717) is 11.3 Å². The molecule has 1 unspecified atom stereocenters. The molecule has 0 aliphatic carbocycles. The zero-order valence-electron chi connectivity index (χ0n) is 6.64. The summed E-state index contributed by atoms with van der Waals surface area (Å²) < 4.78 is 24.2. The second-order valence-corrected chi connectivity index (χ2v) is 3.52. The molecule has 13 heavy (non-hydrogen) atoms. The Labute approximate surface area is 76.8 Å². The summed E-state index contributed by atoms with van der Waals surface area (Å²) in [5.41, 5.74) is 1.17. The molecule has 0 fully saturated rings. The molecule has 1 atom stereocenters. The average molecular weight is 197 g/mol. The van der Waals surface area contributed by atoms with Crippen LogP contribution in [-0.4, -0.2) is 13.9 Å². The van der Waals surface area contributed by atoms with E-state index in [1.807, 2.05) is 18.2 Å². The lowest BCUT2D eigenvalue weighted by Crippen LogP contribution is -1.92. The highest BCUT2D eigenvalue weighted by Gasteiger charge is 2.08. The molecule has 1 N–H and O–H groups in total. The highest BCUT2D eigenvalue weighted by molar-refractivity contribution is 7.78. The minimum Gasteiger partial charge on any atom is -0.356 e. The number of rotatable bonds is 2. The maximum absolute atomic E-state index is 10.5. The van der Waals surface area contributed by atoms with E-state index in [-0.39, 0.29) is 5.75 Å². The summed E-state index contributed by atoms with van der Waals surface area (Å²) in [5.74, 6) is 0.0109. The molecule has 2 rings (SSSR count). The van der Waals surface area contributed by atoms with Crippen LogP contribution >= 0.6 is 0 Å². The van der Waals surface area contributed by atoms with Crippen molar-refractivity contribution in [3.05, 3.63) is 30.0 Å². The van der Waals surface area contributed by atoms with Gasteiger partial charge in [-0.25, -0.2) is 4.21 Å². The molecule has 1 aromatic carbocycles. The molecular weight excluding hydrogens is 190 g/mol. The molecule has 68 valence electrons. The van der Waals surface area contributed by atoms with E-state index in [1.165, 1.54) is 0 Å². The molecule has 1 aromatic heterocycles. The zero-order valence-corrected chi connectivity index (χ0v) is 7.45. The van der Waals surface area contributed by atoms with Crippen molar-refractivity contribution >= 4 is 22.0 Å². The SMILES string of the molecule is O=S(O)Cc1noc2ccccc12. The molecule has 2 aromatic rings. The number of aromatic nitrogens is 1. The average Bonchev–Trinajstić information content (AvgIpc) is 2.48. The minimum absolute atomic E-state index is 0.0109. The highest BCUT2D eigenvalue weighted by Crippen LogP contribution is 2.18. The lowest BCUT2D eigenvalue weighted by atomic mass is 10.2. The summed E-state index contributed by atoms with van der Waals surface area (Å²) in [5, 5.41) is 4.50. The smallest absolute Gasteiger partial charge is 0.167 e. The minimum atomic E-state index is -1.87. The Morgan fingerprint density at radius 1 is 1.46 bits per heavy atom. The van der Waals surface area contributed by atoms with Gasteiger partial charge in [0.25, 0.3) is 0 Å². The second kappa shape index (κ2) is 3.27. The first-order valence-corrected chi connectivity index (χ1v) is 4.95. The van der Waals surface area contributed by atoms with Crippen molar-refractivity contribution < 1.29 is 13.3 Å². The number of nitrogens with zero attached hydrogens (tertiary/aromatic N) is 1. The van der Waals surface area contributed by atoms with Crippen LogP contribution in [0, 0.1) is 0 Å². The summed E-state index contributed by atoms with van der Waals surface area (Å²) in [6.07, 6.45) is 0. The van der Waals surface area contributed by atoms with Crippen LogP contribution in [-0.2, 0) is 16.8 Å². The third-order valence-electron chi connectivity index (χ3n) is 1.71. The van der Waals surface area contributed by atoms with Gasteiger partial charge in [0.1, 0.15) is 5.69 Å². The van der Waals surface area contributed by atoms with Gasteiger partial charge in [-0.15, -0.1) is 0 Å². The Morgan fingerprint density at radius 2 is 2.23 bits per heavy atom. The van der Waals surface area contributed by atoms with Crippen molar-refractivity contribution in [1.82, 2.24) is 5.16 Å². The number of fused-ring (bicyclic) bond motifs is 1. The zero-order chi connectivity index (χ0) is 9.26. The van der Waals surface area contributed by atoms with Gasteiger partial charge in [0, 0.05) is 5.39 Å². The first-order valence-electron chi connectivity index (χ1n) is 3.68. The van der Waals surface area contributed by atoms with Crippen molar-refractivity contribution in [3.63, 3.8) is 0 Å². The first-order chi connectivity index (χ1) is 6.27. The molecule has 0 spiro atoms. The van der Waals surface area contributed by atoms with Gasteiger partial charge in [-0.1, -0.05) is 17.3 Å².